The van der Waals surface area contributed by atoms with Gasteiger partial charge in [0.25, 0.3) is 0 Å². The maximum Gasteiger partial charge on any atom is 0.235 e. The topological polar surface area (TPSA) is 52.6 Å². The van der Waals surface area contributed by atoms with Crippen LogP contribution in [0.25, 0.3) is 33.1 Å². The van der Waals surface area contributed by atoms with Crippen molar-refractivity contribution in [2.75, 3.05) is 7.11 Å². The monoisotopic (exact) mass is 266 g/mol. The summed E-state index contributed by atoms with van der Waals surface area (Å²) in [4.78, 5) is 12.4. The number of hydrogen-bond acceptors (Lipinski definition) is 4. The van der Waals surface area contributed by atoms with Gasteiger partial charge in [0.05, 0.1) is 17.9 Å². The molecule has 0 aliphatic heterocycles. The molecule has 0 saturated carbocycles. The molecule has 2 heterocycles. The highest BCUT2D eigenvalue weighted by Crippen LogP contribution is 2.31. The van der Waals surface area contributed by atoms with Crippen LogP contribution in [0, 0.1) is 0 Å². The summed E-state index contributed by atoms with van der Waals surface area (Å²) < 4.78 is 16.6. The van der Waals surface area contributed by atoms with Gasteiger partial charge in [0.2, 0.25) is 11.0 Å². The number of furan rings is 1. The third kappa shape index (κ3) is 1.39. The number of benzene rings is 2. The third-order valence-corrected chi connectivity index (χ3v) is 3.40. The Balaban J connectivity index is 2.24. The molecule has 0 saturated heterocycles. The highest BCUT2D eigenvalue weighted by Gasteiger charge is 2.15. The van der Waals surface area contributed by atoms with Crippen LogP contribution in [0.4, 0.5) is 0 Å². The van der Waals surface area contributed by atoms with Crippen molar-refractivity contribution in [3.63, 3.8) is 0 Å². The van der Waals surface area contributed by atoms with E-state index in [1.807, 2.05) is 18.2 Å². The van der Waals surface area contributed by atoms with Crippen LogP contribution in [0.5, 0.6) is 5.75 Å². The number of rotatable bonds is 1. The van der Waals surface area contributed by atoms with E-state index in [1.54, 1.807) is 31.4 Å². The summed E-state index contributed by atoms with van der Waals surface area (Å²) in [6.45, 7) is 0. The molecule has 98 valence electrons. The molecule has 2 aromatic carbocycles. The molecule has 0 N–H and O–H groups in total. The standard InChI is InChI=1S/C16H10O4/c1-18-9-6-7-11-13(8-9)20-16-14(17)10-4-2-3-5-12(10)19-15(11)16/h2-8H,1H3. The van der Waals surface area contributed by atoms with Crippen LogP contribution in [0.1, 0.15) is 0 Å². The van der Waals surface area contributed by atoms with Crippen LogP contribution in [0.2, 0.25) is 0 Å². The largest absolute Gasteiger partial charge is 0.497 e. The highest BCUT2D eigenvalue weighted by atomic mass is 16.5. The third-order valence-electron chi connectivity index (χ3n) is 3.40. The minimum absolute atomic E-state index is 0.156. The first-order valence-corrected chi connectivity index (χ1v) is 6.20. The molecule has 0 spiro atoms. The van der Waals surface area contributed by atoms with Gasteiger partial charge in [-0.15, -0.1) is 0 Å². The van der Waals surface area contributed by atoms with Crippen molar-refractivity contribution in [3.8, 4) is 5.75 Å². The van der Waals surface area contributed by atoms with Crippen LogP contribution >= 0.6 is 0 Å². The normalized spacial score (nSPS) is 11.4. The number of para-hydroxylation sites is 1. The fraction of sp³-hybridized carbons (Fsp3) is 0.0625. The molecule has 0 aliphatic carbocycles. The first-order valence-electron chi connectivity index (χ1n) is 6.20. The number of methoxy groups -OCH3 is 1. The van der Waals surface area contributed by atoms with Gasteiger partial charge < -0.3 is 13.6 Å². The fourth-order valence-electron chi connectivity index (χ4n) is 2.41. The second kappa shape index (κ2) is 3.87. The van der Waals surface area contributed by atoms with E-state index in [9.17, 15) is 4.79 Å². The zero-order chi connectivity index (χ0) is 13.7. The van der Waals surface area contributed by atoms with Gasteiger partial charge in [0, 0.05) is 6.07 Å². The first-order chi connectivity index (χ1) is 9.78. The number of ether oxygens (including phenoxy) is 1. The Morgan fingerprint density at radius 2 is 1.70 bits per heavy atom. The lowest BCUT2D eigenvalue weighted by Crippen LogP contribution is -1.99. The van der Waals surface area contributed by atoms with Gasteiger partial charge in [-0.1, -0.05) is 12.1 Å². The Hall–Kier alpha value is -2.75. The van der Waals surface area contributed by atoms with Gasteiger partial charge >= 0.3 is 0 Å². The lowest BCUT2D eigenvalue weighted by atomic mass is 10.2. The summed E-state index contributed by atoms with van der Waals surface area (Å²) in [6, 6.07) is 12.5. The molecular formula is C16H10O4. The van der Waals surface area contributed by atoms with Crippen molar-refractivity contribution in [2.45, 2.75) is 0 Å². The Morgan fingerprint density at radius 1 is 0.900 bits per heavy atom. The van der Waals surface area contributed by atoms with Crippen molar-refractivity contribution in [1.82, 2.24) is 0 Å². The molecule has 2 aromatic heterocycles. The van der Waals surface area contributed by atoms with E-state index in [2.05, 4.69) is 0 Å². The van der Waals surface area contributed by atoms with Gasteiger partial charge in [0.15, 0.2) is 5.58 Å². The van der Waals surface area contributed by atoms with Crippen LogP contribution in [0.15, 0.2) is 56.1 Å². The molecule has 0 atom stereocenters. The number of fused-ring (bicyclic) bond motifs is 4. The second-order valence-corrected chi connectivity index (χ2v) is 4.55. The van der Waals surface area contributed by atoms with Gasteiger partial charge in [-0.3, -0.25) is 4.79 Å². The van der Waals surface area contributed by atoms with Gasteiger partial charge in [-0.25, -0.2) is 0 Å². The molecule has 0 aliphatic rings. The molecule has 0 fully saturated rings. The molecule has 0 bridgehead atoms. The maximum atomic E-state index is 12.4. The predicted molar refractivity (Wildman–Crippen MR) is 76.3 cm³/mol. The summed E-state index contributed by atoms with van der Waals surface area (Å²) in [6.07, 6.45) is 0. The number of hydrogen-bond donors (Lipinski definition) is 0. The fourth-order valence-corrected chi connectivity index (χ4v) is 2.41. The van der Waals surface area contributed by atoms with E-state index in [1.165, 1.54) is 0 Å². The van der Waals surface area contributed by atoms with Crippen molar-refractivity contribution < 1.29 is 13.6 Å². The Morgan fingerprint density at radius 3 is 2.55 bits per heavy atom. The second-order valence-electron chi connectivity index (χ2n) is 4.55. The first kappa shape index (κ1) is 11.1. The highest BCUT2D eigenvalue weighted by molar-refractivity contribution is 6.04. The van der Waals surface area contributed by atoms with E-state index in [-0.39, 0.29) is 11.0 Å². The molecule has 0 amide bonds. The van der Waals surface area contributed by atoms with Crippen molar-refractivity contribution in [2.24, 2.45) is 0 Å². The van der Waals surface area contributed by atoms with Crippen LogP contribution in [0.3, 0.4) is 0 Å². The molecule has 0 radical (unpaired) electrons. The lowest BCUT2D eigenvalue weighted by molar-refractivity contribution is 0.414. The van der Waals surface area contributed by atoms with Crippen molar-refractivity contribution in [1.29, 1.82) is 0 Å². The van der Waals surface area contributed by atoms with Crippen molar-refractivity contribution in [3.05, 3.63) is 52.7 Å². The quantitative estimate of drug-likeness (QED) is 0.527. The smallest absolute Gasteiger partial charge is 0.235 e. The van der Waals surface area contributed by atoms with E-state index in [0.29, 0.717) is 27.9 Å². The van der Waals surface area contributed by atoms with Crippen molar-refractivity contribution >= 4 is 33.1 Å². The lowest BCUT2D eigenvalue weighted by Gasteiger charge is -1.97. The van der Waals surface area contributed by atoms with E-state index in [4.69, 9.17) is 13.6 Å². The van der Waals surface area contributed by atoms with Crippen LogP contribution in [-0.2, 0) is 0 Å². The minimum atomic E-state index is -0.156. The zero-order valence-corrected chi connectivity index (χ0v) is 10.7. The minimum Gasteiger partial charge on any atom is -0.497 e. The molecule has 4 rings (SSSR count). The maximum absolute atomic E-state index is 12.4. The molecule has 4 heteroatoms. The van der Waals surface area contributed by atoms with E-state index >= 15 is 0 Å². The Kier molecular flexibility index (Phi) is 2.15. The summed E-state index contributed by atoms with van der Waals surface area (Å²) in [5.74, 6) is 0.675. The summed E-state index contributed by atoms with van der Waals surface area (Å²) in [5.41, 5.74) is 1.70. The Bertz CT molecular complexity index is 1010. The van der Waals surface area contributed by atoms with Gasteiger partial charge in [-0.2, -0.15) is 0 Å². The zero-order valence-electron chi connectivity index (χ0n) is 10.7. The predicted octanol–water partition coefficient (Wildman–Crippen LogP) is 3.70. The molecule has 4 aromatic rings. The summed E-state index contributed by atoms with van der Waals surface area (Å²) in [7, 11) is 1.58. The van der Waals surface area contributed by atoms with Gasteiger partial charge in [-0.05, 0) is 24.3 Å². The molecule has 0 unspecified atom stereocenters. The summed E-state index contributed by atoms with van der Waals surface area (Å²) >= 11 is 0. The molecule has 20 heavy (non-hydrogen) atoms. The van der Waals surface area contributed by atoms with Gasteiger partial charge in [0.1, 0.15) is 16.9 Å². The van der Waals surface area contributed by atoms with Crippen LogP contribution < -0.4 is 10.2 Å². The average molecular weight is 266 g/mol. The average Bonchev–Trinajstić information content (AvgIpc) is 2.85. The molecule has 4 nitrogen and oxygen atoms in total. The molecular weight excluding hydrogens is 256 g/mol. The SMILES string of the molecule is COc1ccc2c(c1)oc1c(=O)c3ccccc3oc12. The van der Waals surface area contributed by atoms with E-state index < -0.39 is 0 Å². The van der Waals surface area contributed by atoms with E-state index in [0.717, 1.165) is 5.39 Å². The summed E-state index contributed by atoms with van der Waals surface area (Å²) in [5, 5.41) is 1.29. The van der Waals surface area contributed by atoms with Crippen LogP contribution in [-0.4, -0.2) is 7.11 Å². The Labute approximate surface area is 113 Å².